The van der Waals surface area contributed by atoms with E-state index in [0.29, 0.717) is 5.65 Å². The highest BCUT2D eigenvalue weighted by molar-refractivity contribution is 7.19. The summed E-state index contributed by atoms with van der Waals surface area (Å²) < 4.78 is 41.9. The van der Waals surface area contributed by atoms with E-state index < -0.39 is 16.9 Å². The first kappa shape index (κ1) is 16.9. The van der Waals surface area contributed by atoms with E-state index in [2.05, 4.69) is 20.2 Å². The van der Waals surface area contributed by atoms with Crippen molar-refractivity contribution < 1.29 is 13.2 Å². The summed E-state index contributed by atoms with van der Waals surface area (Å²) in [7, 11) is 1.39. The van der Waals surface area contributed by atoms with Crippen LogP contribution in [0.15, 0.2) is 6.33 Å². The number of halogens is 4. The van der Waals surface area contributed by atoms with E-state index in [4.69, 9.17) is 11.6 Å². The summed E-state index contributed by atoms with van der Waals surface area (Å²) >= 11 is 7.63. The van der Waals surface area contributed by atoms with Gasteiger partial charge in [-0.3, -0.25) is 4.68 Å². The lowest BCUT2D eigenvalue weighted by Gasteiger charge is -2.09. The zero-order valence-electron chi connectivity index (χ0n) is 14.0. The molecule has 0 amide bonds. The molecule has 0 spiro atoms. The molecule has 0 unspecified atom stereocenters. The van der Waals surface area contributed by atoms with Crippen molar-refractivity contribution in [3.8, 4) is 11.5 Å². The molecule has 0 atom stereocenters. The van der Waals surface area contributed by atoms with Crippen LogP contribution in [0.3, 0.4) is 0 Å². The predicted molar refractivity (Wildman–Crippen MR) is 95.0 cm³/mol. The van der Waals surface area contributed by atoms with E-state index in [1.165, 1.54) is 28.3 Å². The molecule has 11 heteroatoms. The van der Waals surface area contributed by atoms with Crippen molar-refractivity contribution in [1.82, 2.24) is 29.4 Å². The second-order valence-electron chi connectivity index (χ2n) is 6.47. The summed E-state index contributed by atoms with van der Waals surface area (Å²) in [6, 6.07) is 0. The van der Waals surface area contributed by atoms with Gasteiger partial charge in [0.05, 0.1) is 5.39 Å². The lowest BCUT2D eigenvalue weighted by molar-refractivity contribution is -0.141. The number of aromatic nitrogens is 6. The molecule has 0 N–H and O–H groups in total. The van der Waals surface area contributed by atoms with Crippen LogP contribution in [0.5, 0.6) is 0 Å². The van der Waals surface area contributed by atoms with Crippen LogP contribution >= 0.6 is 22.9 Å². The molecule has 5 rings (SSSR count). The van der Waals surface area contributed by atoms with Crippen LogP contribution in [0.4, 0.5) is 13.2 Å². The summed E-state index contributed by atoms with van der Waals surface area (Å²) in [5.74, 6) is 0.0931. The molecule has 4 aromatic rings. The Morgan fingerprint density at radius 1 is 1.19 bits per heavy atom. The fourth-order valence-corrected chi connectivity index (χ4v) is 5.15. The minimum Gasteiger partial charge on any atom is -0.262 e. The van der Waals surface area contributed by atoms with Crippen LogP contribution in [0.1, 0.15) is 29.0 Å². The average Bonchev–Trinajstić information content (AvgIpc) is 3.26. The van der Waals surface area contributed by atoms with Crippen LogP contribution in [0.2, 0.25) is 5.02 Å². The van der Waals surface area contributed by atoms with Crippen molar-refractivity contribution in [3.63, 3.8) is 0 Å². The van der Waals surface area contributed by atoms with Gasteiger partial charge in [-0.2, -0.15) is 18.3 Å². The molecule has 1 aliphatic rings. The van der Waals surface area contributed by atoms with Crippen LogP contribution in [-0.4, -0.2) is 29.4 Å². The standard InChI is InChI=1S/C16H12ClF3N6S/c1-25-11(10(17)12(23-25)16(18,19)20)13-22-14-9-7-4-2-3-5-8(7)27-15(9)21-6-26(14)24-13/h6H,2-5H2,1H3. The molecule has 0 aliphatic heterocycles. The number of rotatable bonds is 1. The number of aryl methyl sites for hydroxylation is 3. The zero-order valence-corrected chi connectivity index (χ0v) is 15.6. The summed E-state index contributed by atoms with van der Waals surface area (Å²) in [5, 5.41) is 8.25. The highest BCUT2D eigenvalue weighted by Gasteiger charge is 2.39. The lowest BCUT2D eigenvalue weighted by Crippen LogP contribution is -2.07. The van der Waals surface area contributed by atoms with E-state index in [-0.39, 0.29) is 11.5 Å². The van der Waals surface area contributed by atoms with E-state index in [9.17, 15) is 13.2 Å². The maximum atomic E-state index is 13.1. The first-order valence-corrected chi connectivity index (χ1v) is 9.49. The fraction of sp³-hybridized carbons (Fsp3) is 0.375. The van der Waals surface area contributed by atoms with Crippen molar-refractivity contribution in [2.45, 2.75) is 31.9 Å². The Balaban J connectivity index is 1.76. The zero-order chi connectivity index (χ0) is 18.9. The SMILES string of the molecule is Cn1nc(C(F)(F)F)c(Cl)c1-c1nc2c3c4c(sc3ncn2n1)CCCC4. The normalized spacial score (nSPS) is 15.0. The van der Waals surface area contributed by atoms with Gasteiger partial charge in [-0.25, -0.2) is 14.5 Å². The van der Waals surface area contributed by atoms with Gasteiger partial charge in [-0.05, 0) is 31.2 Å². The smallest absolute Gasteiger partial charge is 0.262 e. The topological polar surface area (TPSA) is 60.9 Å². The molecule has 0 radical (unpaired) electrons. The van der Waals surface area contributed by atoms with Crippen molar-refractivity contribution >= 4 is 38.8 Å². The molecule has 1 aliphatic carbocycles. The molecule has 4 heterocycles. The van der Waals surface area contributed by atoms with Gasteiger partial charge < -0.3 is 0 Å². The molecule has 6 nitrogen and oxygen atoms in total. The number of fused-ring (bicyclic) bond motifs is 5. The third kappa shape index (κ3) is 2.46. The first-order chi connectivity index (χ1) is 12.8. The van der Waals surface area contributed by atoms with Crippen molar-refractivity contribution in [1.29, 1.82) is 0 Å². The highest BCUT2D eigenvalue weighted by Crippen LogP contribution is 2.40. The van der Waals surface area contributed by atoms with Crippen LogP contribution in [-0.2, 0) is 26.1 Å². The van der Waals surface area contributed by atoms with Gasteiger partial charge in [-0.1, -0.05) is 11.6 Å². The van der Waals surface area contributed by atoms with Crippen molar-refractivity contribution in [2.75, 3.05) is 0 Å². The van der Waals surface area contributed by atoms with E-state index >= 15 is 0 Å². The molecular formula is C16H12ClF3N6S. The molecular weight excluding hydrogens is 401 g/mol. The monoisotopic (exact) mass is 412 g/mol. The highest BCUT2D eigenvalue weighted by atomic mass is 35.5. The fourth-order valence-electron chi connectivity index (χ4n) is 3.58. The molecule has 0 saturated carbocycles. The lowest BCUT2D eigenvalue weighted by atomic mass is 9.97. The number of thiophene rings is 1. The maximum Gasteiger partial charge on any atom is 0.436 e. The Morgan fingerprint density at radius 2 is 1.96 bits per heavy atom. The van der Waals surface area contributed by atoms with Crippen LogP contribution < -0.4 is 0 Å². The molecule has 0 bridgehead atoms. The minimum atomic E-state index is -4.65. The second-order valence-corrected chi connectivity index (χ2v) is 7.93. The molecule has 4 aromatic heterocycles. The minimum absolute atomic E-state index is 0.0324. The maximum absolute atomic E-state index is 13.1. The summed E-state index contributed by atoms with van der Waals surface area (Å²) in [4.78, 5) is 11.1. The van der Waals surface area contributed by atoms with Crippen LogP contribution in [0, 0.1) is 0 Å². The molecule has 0 saturated heterocycles. The van der Waals surface area contributed by atoms with Gasteiger partial charge in [0, 0.05) is 11.9 Å². The van der Waals surface area contributed by atoms with E-state index in [1.807, 2.05) is 0 Å². The van der Waals surface area contributed by atoms with Gasteiger partial charge in [-0.15, -0.1) is 16.4 Å². The largest absolute Gasteiger partial charge is 0.436 e. The second kappa shape index (κ2) is 5.65. The Hall–Kier alpha value is -2.20. The van der Waals surface area contributed by atoms with Crippen molar-refractivity contribution in [3.05, 3.63) is 27.5 Å². The Labute approximate surface area is 159 Å². The van der Waals surface area contributed by atoms with Gasteiger partial charge in [0.25, 0.3) is 0 Å². The molecule has 0 fully saturated rings. The van der Waals surface area contributed by atoms with Crippen LogP contribution in [0.25, 0.3) is 27.4 Å². The molecule has 27 heavy (non-hydrogen) atoms. The van der Waals surface area contributed by atoms with E-state index in [1.54, 1.807) is 11.3 Å². The van der Waals surface area contributed by atoms with Gasteiger partial charge in [0.2, 0.25) is 5.82 Å². The third-order valence-electron chi connectivity index (χ3n) is 4.76. The third-order valence-corrected chi connectivity index (χ3v) is 6.32. The number of hydrogen-bond donors (Lipinski definition) is 0. The van der Waals surface area contributed by atoms with E-state index in [0.717, 1.165) is 40.6 Å². The Morgan fingerprint density at radius 3 is 2.70 bits per heavy atom. The average molecular weight is 413 g/mol. The van der Waals surface area contributed by atoms with Gasteiger partial charge in [0.1, 0.15) is 21.9 Å². The van der Waals surface area contributed by atoms with Crippen molar-refractivity contribution in [2.24, 2.45) is 7.05 Å². The predicted octanol–water partition coefficient (Wildman–Crippen LogP) is 4.29. The quantitative estimate of drug-likeness (QED) is 0.468. The van der Waals surface area contributed by atoms with Gasteiger partial charge >= 0.3 is 6.18 Å². The number of hydrogen-bond acceptors (Lipinski definition) is 5. The Kier molecular flexibility index (Phi) is 3.54. The number of nitrogens with zero attached hydrogens (tertiary/aromatic N) is 6. The summed E-state index contributed by atoms with van der Waals surface area (Å²) in [5.41, 5.74) is 0.701. The first-order valence-electron chi connectivity index (χ1n) is 8.30. The molecule has 140 valence electrons. The number of alkyl halides is 3. The van der Waals surface area contributed by atoms with Gasteiger partial charge in [0.15, 0.2) is 11.3 Å². The summed E-state index contributed by atoms with van der Waals surface area (Å²) in [6.07, 6.45) is 1.11. The summed E-state index contributed by atoms with van der Waals surface area (Å²) in [6.45, 7) is 0. The molecule has 0 aromatic carbocycles. The Bertz CT molecular complexity index is 1200.